The number of ether oxygens (including phenoxy) is 1. The summed E-state index contributed by atoms with van der Waals surface area (Å²) < 4.78 is 5.47. The molecule has 0 aliphatic carbocycles. The number of carbonyl (C=O) groups excluding carboxylic acids is 2. The normalized spacial score (nSPS) is 18.1. The molecule has 178 valence electrons. The van der Waals surface area contributed by atoms with Crippen LogP contribution < -0.4 is 10.6 Å². The summed E-state index contributed by atoms with van der Waals surface area (Å²) in [6.07, 6.45) is 5.47. The molecule has 32 heavy (non-hydrogen) atoms. The van der Waals surface area contributed by atoms with Crippen molar-refractivity contribution in [1.29, 1.82) is 0 Å². The molecule has 2 heterocycles. The van der Waals surface area contributed by atoms with Crippen LogP contribution in [0.2, 0.25) is 0 Å². The van der Waals surface area contributed by atoms with E-state index in [1.165, 1.54) is 12.8 Å². The first-order valence-electron chi connectivity index (χ1n) is 12.1. The number of anilines is 1. The van der Waals surface area contributed by atoms with Gasteiger partial charge in [0.1, 0.15) is 5.60 Å². The summed E-state index contributed by atoms with van der Waals surface area (Å²) >= 11 is 0. The van der Waals surface area contributed by atoms with Crippen LogP contribution in [0, 0.1) is 5.92 Å². The summed E-state index contributed by atoms with van der Waals surface area (Å²) in [5, 5.41) is 0. The number of amides is 2. The number of rotatable bonds is 6. The lowest BCUT2D eigenvalue weighted by molar-refractivity contribution is 0.0240. The van der Waals surface area contributed by atoms with Crippen LogP contribution in [0.25, 0.3) is 0 Å². The first-order chi connectivity index (χ1) is 15.3. The maximum atomic E-state index is 12.9. The second-order valence-corrected chi connectivity index (χ2v) is 10.0. The van der Waals surface area contributed by atoms with Gasteiger partial charge in [0.25, 0.3) is 5.91 Å². The van der Waals surface area contributed by atoms with E-state index in [9.17, 15) is 9.59 Å². The fraction of sp³-hybridized carbons (Fsp3) is 0.680. The SMILES string of the molecule is CC(C)(C)OC(=O)N1CCN(c2ccc(C(=O)N3CCC(CCCCN)CC3)cc2)CC1. The Balaban J connectivity index is 1.46. The molecule has 0 atom stereocenters. The van der Waals surface area contributed by atoms with E-state index < -0.39 is 5.60 Å². The second kappa shape index (κ2) is 11.0. The molecule has 7 nitrogen and oxygen atoms in total. The number of unbranched alkanes of at least 4 members (excludes halogenated alkanes) is 1. The van der Waals surface area contributed by atoms with Gasteiger partial charge >= 0.3 is 6.09 Å². The van der Waals surface area contributed by atoms with E-state index in [0.717, 1.165) is 69.2 Å². The van der Waals surface area contributed by atoms with Crippen molar-refractivity contribution in [3.63, 3.8) is 0 Å². The molecule has 2 amide bonds. The Labute approximate surface area is 192 Å². The minimum Gasteiger partial charge on any atom is -0.444 e. The molecule has 2 saturated heterocycles. The zero-order valence-corrected chi connectivity index (χ0v) is 20.0. The molecule has 2 aliphatic heterocycles. The summed E-state index contributed by atoms with van der Waals surface area (Å²) in [4.78, 5) is 31.2. The molecule has 0 spiro atoms. The lowest BCUT2D eigenvalue weighted by Crippen LogP contribution is -2.50. The van der Waals surface area contributed by atoms with Gasteiger partial charge in [-0.3, -0.25) is 4.79 Å². The van der Waals surface area contributed by atoms with Gasteiger partial charge in [0.05, 0.1) is 0 Å². The average Bonchev–Trinajstić information content (AvgIpc) is 2.78. The topological polar surface area (TPSA) is 79.1 Å². The fourth-order valence-electron chi connectivity index (χ4n) is 4.47. The Morgan fingerprint density at radius 1 is 0.938 bits per heavy atom. The lowest BCUT2D eigenvalue weighted by atomic mass is 9.91. The summed E-state index contributed by atoms with van der Waals surface area (Å²) in [5.74, 6) is 0.860. The summed E-state index contributed by atoms with van der Waals surface area (Å²) in [6.45, 7) is 10.9. The highest BCUT2D eigenvalue weighted by Crippen LogP contribution is 2.25. The van der Waals surface area contributed by atoms with Gasteiger partial charge in [-0.05, 0) is 76.8 Å². The molecular formula is C25H40N4O3. The first kappa shape index (κ1) is 24.4. The van der Waals surface area contributed by atoms with Crippen molar-refractivity contribution >= 4 is 17.7 Å². The lowest BCUT2D eigenvalue weighted by Gasteiger charge is -2.37. The molecule has 3 rings (SSSR count). The number of likely N-dealkylation sites (tertiary alicyclic amines) is 1. The van der Waals surface area contributed by atoms with Gasteiger partial charge in [0, 0.05) is 50.5 Å². The number of hydrogen-bond acceptors (Lipinski definition) is 5. The summed E-state index contributed by atoms with van der Waals surface area (Å²) in [5.41, 5.74) is 6.95. The van der Waals surface area contributed by atoms with Gasteiger partial charge in [-0.2, -0.15) is 0 Å². The molecular weight excluding hydrogens is 404 g/mol. The molecule has 0 bridgehead atoms. The molecule has 1 aromatic rings. The number of carbonyl (C=O) groups is 2. The average molecular weight is 445 g/mol. The van der Waals surface area contributed by atoms with Crippen molar-refractivity contribution in [3.05, 3.63) is 29.8 Å². The van der Waals surface area contributed by atoms with E-state index in [1.54, 1.807) is 4.90 Å². The second-order valence-electron chi connectivity index (χ2n) is 10.0. The summed E-state index contributed by atoms with van der Waals surface area (Å²) in [7, 11) is 0. The van der Waals surface area contributed by atoms with Crippen LogP contribution in [-0.2, 0) is 4.74 Å². The zero-order valence-electron chi connectivity index (χ0n) is 20.0. The number of piperidine rings is 1. The van der Waals surface area contributed by atoms with Gasteiger partial charge in [0.15, 0.2) is 0 Å². The maximum absolute atomic E-state index is 12.9. The predicted molar refractivity (Wildman–Crippen MR) is 128 cm³/mol. The third-order valence-electron chi connectivity index (χ3n) is 6.38. The van der Waals surface area contributed by atoms with E-state index in [2.05, 4.69) is 4.90 Å². The van der Waals surface area contributed by atoms with Gasteiger partial charge in [-0.15, -0.1) is 0 Å². The predicted octanol–water partition coefficient (Wildman–Crippen LogP) is 3.72. The molecule has 2 fully saturated rings. The third kappa shape index (κ3) is 6.86. The Kier molecular flexibility index (Phi) is 8.40. The maximum Gasteiger partial charge on any atom is 0.410 e. The van der Waals surface area contributed by atoms with Crippen LogP contribution >= 0.6 is 0 Å². The van der Waals surface area contributed by atoms with Crippen LogP contribution in [-0.4, -0.2) is 73.2 Å². The van der Waals surface area contributed by atoms with Crippen LogP contribution in [0.15, 0.2) is 24.3 Å². The number of nitrogens with two attached hydrogens (primary N) is 1. The van der Waals surface area contributed by atoms with E-state index in [-0.39, 0.29) is 12.0 Å². The van der Waals surface area contributed by atoms with Crippen molar-refractivity contribution in [2.45, 2.75) is 58.5 Å². The van der Waals surface area contributed by atoms with Crippen LogP contribution in [0.1, 0.15) is 63.2 Å². The fourth-order valence-corrected chi connectivity index (χ4v) is 4.47. The van der Waals surface area contributed by atoms with Gasteiger partial charge < -0.3 is 25.2 Å². The minimum absolute atomic E-state index is 0.131. The molecule has 1 aromatic carbocycles. The molecule has 2 aliphatic rings. The van der Waals surface area contributed by atoms with E-state index in [0.29, 0.717) is 13.1 Å². The van der Waals surface area contributed by atoms with Crippen molar-refractivity contribution in [3.8, 4) is 0 Å². The highest BCUT2D eigenvalue weighted by atomic mass is 16.6. The highest BCUT2D eigenvalue weighted by Gasteiger charge is 2.27. The zero-order chi connectivity index (χ0) is 23.1. The molecule has 0 aromatic heterocycles. The summed E-state index contributed by atoms with van der Waals surface area (Å²) in [6, 6.07) is 7.92. The van der Waals surface area contributed by atoms with Crippen LogP contribution in [0.4, 0.5) is 10.5 Å². The van der Waals surface area contributed by atoms with E-state index in [1.807, 2.05) is 49.9 Å². The van der Waals surface area contributed by atoms with Gasteiger partial charge in [-0.25, -0.2) is 4.79 Å². The molecule has 7 heteroatoms. The minimum atomic E-state index is -0.476. The third-order valence-corrected chi connectivity index (χ3v) is 6.38. The van der Waals surface area contributed by atoms with Crippen LogP contribution in [0.5, 0.6) is 0 Å². The Morgan fingerprint density at radius 2 is 1.56 bits per heavy atom. The van der Waals surface area contributed by atoms with E-state index in [4.69, 9.17) is 10.5 Å². The monoisotopic (exact) mass is 444 g/mol. The number of hydrogen-bond donors (Lipinski definition) is 1. The highest BCUT2D eigenvalue weighted by molar-refractivity contribution is 5.94. The molecule has 0 radical (unpaired) electrons. The Bertz CT molecular complexity index is 743. The van der Waals surface area contributed by atoms with Gasteiger partial charge in [0.2, 0.25) is 0 Å². The number of nitrogens with zero attached hydrogens (tertiary/aromatic N) is 3. The number of benzene rings is 1. The first-order valence-corrected chi connectivity index (χ1v) is 12.1. The smallest absolute Gasteiger partial charge is 0.410 e. The molecule has 2 N–H and O–H groups in total. The van der Waals surface area contributed by atoms with Crippen molar-refractivity contribution in [1.82, 2.24) is 9.80 Å². The Morgan fingerprint density at radius 3 is 2.12 bits per heavy atom. The van der Waals surface area contributed by atoms with E-state index >= 15 is 0 Å². The van der Waals surface area contributed by atoms with Crippen molar-refractivity contribution in [2.24, 2.45) is 11.7 Å². The largest absolute Gasteiger partial charge is 0.444 e. The Hall–Kier alpha value is -2.28. The standard InChI is InChI=1S/C25H40N4O3/c1-25(2,3)32-24(31)29-18-16-27(17-19-29)22-9-7-21(8-10-22)23(30)28-14-11-20(12-15-28)6-4-5-13-26/h7-10,20H,4-6,11-19,26H2,1-3H3. The van der Waals surface area contributed by atoms with Crippen LogP contribution in [0.3, 0.4) is 0 Å². The molecule has 0 saturated carbocycles. The van der Waals surface area contributed by atoms with Crippen molar-refractivity contribution < 1.29 is 14.3 Å². The molecule has 0 unspecified atom stereocenters. The van der Waals surface area contributed by atoms with Gasteiger partial charge in [-0.1, -0.05) is 12.8 Å². The van der Waals surface area contributed by atoms with Crippen molar-refractivity contribution in [2.75, 3.05) is 50.7 Å². The number of piperazine rings is 1. The quantitative estimate of drug-likeness (QED) is 0.677.